The van der Waals surface area contributed by atoms with Gasteiger partial charge in [0.05, 0.1) is 19.2 Å². The van der Waals surface area contributed by atoms with Crippen molar-refractivity contribution in [1.82, 2.24) is 4.98 Å². The third-order valence-corrected chi connectivity index (χ3v) is 3.70. The van der Waals surface area contributed by atoms with E-state index in [-0.39, 0.29) is 0 Å². The average Bonchev–Trinajstić information content (AvgIpc) is 2.67. The van der Waals surface area contributed by atoms with Crippen molar-refractivity contribution in [2.75, 3.05) is 19.5 Å². The van der Waals surface area contributed by atoms with Crippen molar-refractivity contribution >= 4 is 35.4 Å². The van der Waals surface area contributed by atoms with Gasteiger partial charge in [0, 0.05) is 23.9 Å². The van der Waals surface area contributed by atoms with Crippen LogP contribution >= 0.6 is 11.6 Å². The van der Waals surface area contributed by atoms with E-state index in [1.165, 1.54) is 32.4 Å². The van der Waals surface area contributed by atoms with Gasteiger partial charge in [-0.15, -0.1) is 0 Å². The first kappa shape index (κ1) is 20.3. The van der Waals surface area contributed by atoms with Crippen molar-refractivity contribution in [1.29, 1.82) is 0 Å². The molecule has 142 valence electrons. The van der Waals surface area contributed by atoms with Crippen LogP contribution in [0, 0.1) is 0 Å². The summed E-state index contributed by atoms with van der Waals surface area (Å²) in [6.07, 6.45) is 3.15. The lowest BCUT2D eigenvalue weighted by Gasteiger charge is -2.12. The van der Waals surface area contributed by atoms with Gasteiger partial charge in [-0.3, -0.25) is 4.79 Å². The fourth-order valence-corrected chi connectivity index (χ4v) is 2.17. The van der Waals surface area contributed by atoms with E-state index >= 15 is 0 Å². The monoisotopic (exact) mass is 390 g/mol. The van der Waals surface area contributed by atoms with Crippen molar-refractivity contribution in [3.05, 3.63) is 53.2 Å². The molecule has 0 aliphatic heterocycles. The molecular formula is C19H19ClN2O5. The molecule has 8 heteroatoms. The first-order valence-electron chi connectivity index (χ1n) is 7.96. The highest BCUT2D eigenvalue weighted by molar-refractivity contribution is 6.30. The van der Waals surface area contributed by atoms with Gasteiger partial charge in [-0.2, -0.15) is 0 Å². The number of ether oxygens (including phenoxy) is 3. The van der Waals surface area contributed by atoms with Crippen molar-refractivity contribution in [2.45, 2.75) is 13.0 Å². The Morgan fingerprint density at radius 3 is 2.59 bits per heavy atom. The summed E-state index contributed by atoms with van der Waals surface area (Å²) in [6.45, 7) is 1.46. The first-order chi connectivity index (χ1) is 12.9. The van der Waals surface area contributed by atoms with Gasteiger partial charge in [0.15, 0.2) is 6.10 Å². The van der Waals surface area contributed by atoms with Gasteiger partial charge >= 0.3 is 5.97 Å². The molecule has 0 fully saturated rings. The Labute approximate surface area is 161 Å². The molecule has 0 spiro atoms. The lowest BCUT2D eigenvalue weighted by Crippen LogP contribution is -2.29. The molecule has 2 rings (SSSR count). The van der Waals surface area contributed by atoms with E-state index in [2.05, 4.69) is 10.3 Å². The Bertz CT molecular complexity index is 836. The van der Waals surface area contributed by atoms with Crippen molar-refractivity contribution in [2.24, 2.45) is 0 Å². The average molecular weight is 391 g/mol. The second kappa shape index (κ2) is 9.59. The summed E-state index contributed by atoms with van der Waals surface area (Å²) in [5, 5.41) is 2.99. The number of halogens is 1. The number of carbonyl (C=O) groups is 2. The standard InChI is InChI=1S/C19H19ClN2O5/c1-12(19(24)22-17-8-6-14(20)11-21-17)27-18(23)9-5-13-4-7-15(25-2)10-16(13)26-3/h4-12H,1-3H3,(H,21,22,24)/b9-5+/t12-/m1/s1. The number of aromatic nitrogens is 1. The first-order valence-corrected chi connectivity index (χ1v) is 8.34. The molecule has 0 unspecified atom stereocenters. The Kier molecular flexibility index (Phi) is 7.19. The summed E-state index contributed by atoms with van der Waals surface area (Å²) in [5.41, 5.74) is 0.665. The summed E-state index contributed by atoms with van der Waals surface area (Å²) in [4.78, 5) is 28.0. The van der Waals surface area contributed by atoms with E-state index in [0.717, 1.165) is 0 Å². The Morgan fingerprint density at radius 1 is 1.19 bits per heavy atom. The maximum Gasteiger partial charge on any atom is 0.331 e. The van der Waals surface area contributed by atoms with Crippen molar-refractivity contribution in [3.8, 4) is 11.5 Å². The molecule has 1 heterocycles. The number of nitrogens with one attached hydrogen (secondary N) is 1. The van der Waals surface area contributed by atoms with Gasteiger partial charge < -0.3 is 19.5 Å². The van der Waals surface area contributed by atoms with Gasteiger partial charge in [-0.25, -0.2) is 9.78 Å². The normalized spacial score (nSPS) is 11.7. The van der Waals surface area contributed by atoms with Crippen LogP contribution in [0.2, 0.25) is 5.02 Å². The van der Waals surface area contributed by atoms with Crippen LogP contribution in [-0.2, 0) is 14.3 Å². The number of benzene rings is 1. The zero-order valence-corrected chi connectivity index (χ0v) is 15.8. The number of amides is 1. The fraction of sp³-hybridized carbons (Fsp3) is 0.211. The number of anilines is 1. The third-order valence-electron chi connectivity index (χ3n) is 3.48. The number of hydrogen-bond acceptors (Lipinski definition) is 6. The summed E-state index contributed by atoms with van der Waals surface area (Å²) < 4.78 is 15.5. The predicted molar refractivity (Wildman–Crippen MR) is 102 cm³/mol. The molecule has 0 aliphatic carbocycles. The van der Waals surface area contributed by atoms with Crippen LogP contribution < -0.4 is 14.8 Å². The van der Waals surface area contributed by atoms with Crippen LogP contribution in [-0.4, -0.2) is 37.2 Å². The summed E-state index contributed by atoms with van der Waals surface area (Å²) in [6, 6.07) is 8.31. The van der Waals surface area contributed by atoms with E-state index in [0.29, 0.717) is 27.9 Å². The molecule has 1 aromatic carbocycles. The summed E-state index contributed by atoms with van der Waals surface area (Å²) >= 11 is 5.74. The topological polar surface area (TPSA) is 86.8 Å². The molecule has 27 heavy (non-hydrogen) atoms. The number of carbonyl (C=O) groups excluding carboxylic acids is 2. The number of esters is 1. The van der Waals surface area contributed by atoms with Crippen LogP contribution in [0.5, 0.6) is 11.5 Å². The second-order valence-electron chi connectivity index (χ2n) is 5.37. The minimum absolute atomic E-state index is 0.311. The van der Waals surface area contributed by atoms with Gasteiger partial charge in [0.1, 0.15) is 17.3 Å². The van der Waals surface area contributed by atoms with Crippen LogP contribution in [0.3, 0.4) is 0 Å². The van der Waals surface area contributed by atoms with Crippen LogP contribution in [0.4, 0.5) is 5.82 Å². The van der Waals surface area contributed by atoms with E-state index < -0.39 is 18.0 Å². The molecule has 0 saturated carbocycles. The summed E-state index contributed by atoms with van der Waals surface area (Å²) in [7, 11) is 3.06. The number of rotatable bonds is 7. The zero-order valence-electron chi connectivity index (χ0n) is 15.1. The van der Waals surface area contributed by atoms with E-state index in [1.807, 2.05) is 0 Å². The highest BCUT2D eigenvalue weighted by Crippen LogP contribution is 2.25. The highest BCUT2D eigenvalue weighted by atomic mass is 35.5. The molecule has 1 atom stereocenters. The number of nitrogens with zero attached hydrogens (tertiary/aromatic N) is 1. The molecule has 1 N–H and O–H groups in total. The molecular weight excluding hydrogens is 372 g/mol. The highest BCUT2D eigenvalue weighted by Gasteiger charge is 2.17. The van der Waals surface area contributed by atoms with E-state index in [9.17, 15) is 9.59 Å². The van der Waals surface area contributed by atoms with Gasteiger partial charge in [0.2, 0.25) is 0 Å². The van der Waals surface area contributed by atoms with Crippen LogP contribution in [0.25, 0.3) is 6.08 Å². The molecule has 1 aromatic heterocycles. The van der Waals surface area contributed by atoms with E-state index in [1.54, 1.807) is 37.4 Å². The maximum absolute atomic E-state index is 12.1. The zero-order chi connectivity index (χ0) is 19.8. The molecule has 2 aromatic rings. The number of pyridine rings is 1. The van der Waals surface area contributed by atoms with Gasteiger partial charge in [-0.1, -0.05) is 11.6 Å². The third kappa shape index (κ3) is 6.00. The Balaban J connectivity index is 1.95. The Hall–Kier alpha value is -3.06. The maximum atomic E-state index is 12.1. The predicted octanol–water partition coefficient (Wildman–Crippen LogP) is 3.34. The second-order valence-corrected chi connectivity index (χ2v) is 5.81. The largest absolute Gasteiger partial charge is 0.497 e. The van der Waals surface area contributed by atoms with Crippen molar-refractivity contribution < 1.29 is 23.8 Å². The molecule has 0 bridgehead atoms. The smallest absolute Gasteiger partial charge is 0.331 e. The molecule has 1 amide bonds. The number of hydrogen-bond donors (Lipinski definition) is 1. The molecule has 0 aliphatic rings. The van der Waals surface area contributed by atoms with Crippen molar-refractivity contribution in [3.63, 3.8) is 0 Å². The minimum Gasteiger partial charge on any atom is -0.497 e. The van der Waals surface area contributed by atoms with E-state index in [4.69, 9.17) is 25.8 Å². The number of methoxy groups -OCH3 is 2. The SMILES string of the molecule is COc1ccc(/C=C/C(=O)O[C@H](C)C(=O)Nc2ccc(Cl)cn2)c(OC)c1. The molecule has 7 nitrogen and oxygen atoms in total. The summed E-state index contributed by atoms with van der Waals surface area (Å²) in [5.74, 6) is 0.310. The molecule has 0 radical (unpaired) electrons. The minimum atomic E-state index is -1.00. The van der Waals surface area contributed by atoms with Gasteiger partial charge in [0.25, 0.3) is 5.91 Å². The molecule has 0 saturated heterocycles. The Morgan fingerprint density at radius 2 is 1.96 bits per heavy atom. The van der Waals surface area contributed by atoms with Crippen LogP contribution in [0.15, 0.2) is 42.6 Å². The lowest BCUT2D eigenvalue weighted by molar-refractivity contribution is -0.148. The van der Waals surface area contributed by atoms with Crippen LogP contribution in [0.1, 0.15) is 12.5 Å². The van der Waals surface area contributed by atoms with Gasteiger partial charge in [-0.05, 0) is 37.3 Å². The quantitative estimate of drug-likeness (QED) is 0.576. The fourth-order valence-electron chi connectivity index (χ4n) is 2.06. The lowest BCUT2D eigenvalue weighted by atomic mass is 10.1.